The fraction of sp³-hybridized carbons (Fsp3) is 0.963. The van der Waals surface area contributed by atoms with Crippen LogP contribution in [0.25, 0.3) is 0 Å². The molecule has 2 nitrogen and oxygen atoms in total. The number of carboxylic acid groups (broad SMARTS) is 1. The Bertz CT molecular complexity index is 326. The first-order chi connectivity index (χ1) is 14.2. The standard InChI is InChI=1S/C27H54O2/c1-3-5-7-9-11-13-14-16-18-20-23-26(24-21-25-27(28)29)22-19-17-15-12-10-8-6-4-2/h26H,3-25H2,1-2H3,(H,28,29). The summed E-state index contributed by atoms with van der Waals surface area (Å²) in [5.41, 5.74) is 0. The maximum atomic E-state index is 10.8. The average Bonchev–Trinajstić information content (AvgIpc) is 2.70. The molecule has 174 valence electrons. The van der Waals surface area contributed by atoms with Crippen molar-refractivity contribution in [1.82, 2.24) is 0 Å². The molecule has 0 spiro atoms. The average molecular weight is 411 g/mol. The minimum absolute atomic E-state index is 0.353. The molecule has 0 aliphatic carbocycles. The van der Waals surface area contributed by atoms with Gasteiger partial charge in [0.2, 0.25) is 0 Å². The summed E-state index contributed by atoms with van der Waals surface area (Å²) in [5, 5.41) is 8.93. The van der Waals surface area contributed by atoms with Crippen molar-refractivity contribution < 1.29 is 9.90 Å². The van der Waals surface area contributed by atoms with Crippen molar-refractivity contribution in [3.8, 4) is 0 Å². The number of unbranched alkanes of at least 4 members (excludes halogenated alkanes) is 16. The first-order valence-corrected chi connectivity index (χ1v) is 13.4. The molecule has 0 aliphatic rings. The van der Waals surface area contributed by atoms with Crippen LogP contribution in [0, 0.1) is 5.92 Å². The topological polar surface area (TPSA) is 37.3 Å². The smallest absolute Gasteiger partial charge is 0.303 e. The van der Waals surface area contributed by atoms with Gasteiger partial charge in [-0.1, -0.05) is 142 Å². The molecule has 0 bridgehead atoms. The van der Waals surface area contributed by atoms with E-state index in [1.807, 2.05) is 0 Å². The third-order valence-corrected chi connectivity index (χ3v) is 6.43. The van der Waals surface area contributed by atoms with Crippen LogP contribution in [-0.2, 0) is 4.79 Å². The molecule has 0 saturated heterocycles. The van der Waals surface area contributed by atoms with Gasteiger partial charge in [0, 0.05) is 6.42 Å². The van der Waals surface area contributed by atoms with Gasteiger partial charge in [-0.25, -0.2) is 0 Å². The highest BCUT2D eigenvalue weighted by molar-refractivity contribution is 5.66. The fourth-order valence-electron chi connectivity index (χ4n) is 4.46. The monoisotopic (exact) mass is 410 g/mol. The zero-order valence-electron chi connectivity index (χ0n) is 20.2. The summed E-state index contributed by atoms with van der Waals surface area (Å²) in [6, 6.07) is 0. The highest BCUT2D eigenvalue weighted by atomic mass is 16.4. The van der Waals surface area contributed by atoms with E-state index in [1.165, 1.54) is 128 Å². The lowest BCUT2D eigenvalue weighted by atomic mass is 9.90. The number of rotatable bonds is 24. The van der Waals surface area contributed by atoms with Crippen LogP contribution in [0.2, 0.25) is 0 Å². The molecule has 0 fully saturated rings. The Hall–Kier alpha value is -0.530. The van der Waals surface area contributed by atoms with Crippen molar-refractivity contribution in [3.05, 3.63) is 0 Å². The van der Waals surface area contributed by atoms with Gasteiger partial charge in [0.25, 0.3) is 0 Å². The highest BCUT2D eigenvalue weighted by Gasteiger charge is 2.10. The van der Waals surface area contributed by atoms with Crippen LogP contribution < -0.4 is 0 Å². The third kappa shape index (κ3) is 23.6. The lowest BCUT2D eigenvalue weighted by Gasteiger charge is -2.16. The summed E-state index contributed by atoms with van der Waals surface area (Å²) in [6.07, 6.45) is 30.0. The molecule has 0 radical (unpaired) electrons. The van der Waals surface area contributed by atoms with E-state index in [1.54, 1.807) is 0 Å². The quantitative estimate of drug-likeness (QED) is 0.161. The predicted octanol–water partition coefficient (Wildman–Crippen LogP) is 9.70. The van der Waals surface area contributed by atoms with E-state index in [2.05, 4.69) is 13.8 Å². The molecule has 2 heteroatoms. The van der Waals surface area contributed by atoms with E-state index in [0.29, 0.717) is 6.42 Å². The van der Waals surface area contributed by atoms with E-state index in [4.69, 9.17) is 5.11 Å². The van der Waals surface area contributed by atoms with Crippen molar-refractivity contribution in [2.45, 2.75) is 162 Å². The first-order valence-electron chi connectivity index (χ1n) is 13.4. The fourth-order valence-corrected chi connectivity index (χ4v) is 4.46. The van der Waals surface area contributed by atoms with Gasteiger partial charge in [-0.3, -0.25) is 4.79 Å². The van der Waals surface area contributed by atoms with E-state index in [0.717, 1.165) is 18.8 Å². The number of hydrogen-bond acceptors (Lipinski definition) is 1. The number of aliphatic carboxylic acids is 1. The molecule has 0 aromatic carbocycles. The molecule has 0 aliphatic heterocycles. The van der Waals surface area contributed by atoms with E-state index in [9.17, 15) is 4.79 Å². The summed E-state index contributed by atoms with van der Waals surface area (Å²) in [5.74, 6) is 0.137. The second-order valence-corrected chi connectivity index (χ2v) is 9.39. The minimum atomic E-state index is -0.630. The highest BCUT2D eigenvalue weighted by Crippen LogP contribution is 2.24. The molecule has 0 aromatic heterocycles. The Kier molecular flexibility index (Phi) is 23.3. The molecule has 0 amide bonds. The van der Waals surface area contributed by atoms with Gasteiger partial charge in [-0.05, 0) is 18.8 Å². The van der Waals surface area contributed by atoms with Crippen LogP contribution in [0.4, 0.5) is 0 Å². The Balaban J connectivity index is 3.72. The molecule has 1 atom stereocenters. The molecule has 0 aromatic rings. The van der Waals surface area contributed by atoms with Gasteiger partial charge >= 0.3 is 5.97 Å². The summed E-state index contributed by atoms with van der Waals surface area (Å²) in [4.78, 5) is 10.8. The lowest BCUT2D eigenvalue weighted by Crippen LogP contribution is -2.03. The second-order valence-electron chi connectivity index (χ2n) is 9.39. The van der Waals surface area contributed by atoms with Gasteiger partial charge in [0.1, 0.15) is 0 Å². The number of carbonyl (C=O) groups is 1. The Morgan fingerprint density at radius 2 is 0.828 bits per heavy atom. The van der Waals surface area contributed by atoms with E-state index >= 15 is 0 Å². The van der Waals surface area contributed by atoms with Crippen molar-refractivity contribution in [1.29, 1.82) is 0 Å². The molecule has 0 saturated carbocycles. The molecular weight excluding hydrogens is 356 g/mol. The first kappa shape index (κ1) is 28.5. The van der Waals surface area contributed by atoms with E-state index in [-0.39, 0.29) is 0 Å². The Labute approximate surface area is 183 Å². The number of hydrogen-bond donors (Lipinski definition) is 1. The molecule has 1 unspecified atom stereocenters. The van der Waals surface area contributed by atoms with Crippen LogP contribution in [0.15, 0.2) is 0 Å². The second kappa shape index (κ2) is 23.7. The number of carboxylic acids is 1. The normalized spacial score (nSPS) is 12.3. The Morgan fingerprint density at radius 1 is 0.517 bits per heavy atom. The van der Waals surface area contributed by atoms with Gasteiger partial charge in [-0.15, -0.1) is 0 Å². The van der Waals surface area contributed by atoms with Gasteiger partial charge in [0.05, 0.1) is 0 Å². The largest absolute Gasteiger partial charge is 0.481 e. The zero-order valence-corrected chi connectivity index (χ0v) is 20.2. The predicted molar refractivity (Wildman–Crippen MR) is 129 cm³/mol. The van der Waals surface area contributed by atoms with Gasteiger partial charge in [0.15, 0.2) is 0 Å². The molecule has 29 heavy (non-hydrogen) atoms. The summed E-state index contributed by atoms with van der Waals surface area (Å²) in [7, 11) is 0. The Morgan fingerprint density at radius 3 is 1.17 bits per heavy atom. The SMILES string of the molecule is CCCCCCCCCCCCC(CCCCCCCCCC)CCCC(=O)O. The molecular formula is C27H54O2. The van der Waals surface area contributed by atoms with Gasteiger partial charge < -0.3 is 5.11 Å². The summed E-state index contributed by atoms with van der Waals surface area (Å²) in [6.45, 7) is 4.56. The maximum absolute atomic E-state index is 10.8. The lowest BCUT2D eigenvalue weighted by molar-refractivity contribution is -0.137. The van der Waals surface area contributed by atoms with Crippen LogP contribution in [0.1, 0.15) is 162 Å². The van der Waals surface area contributed by atoms with Crippen LogP contribution in [-0.4, -0.2) is 11.1 Å². The maximum Gasteiger partial charge on any atom is 0.303 e. The van der Waals surface area contributed by atoms with Crippen LogP contribution in [0.5, 0.6) is 0 Å². The summed E-state index contributed by atoms with van der Waals surface area (Å²) >= 11 is 0. The minimum Gasteiger partial charge on any atom is -0.481 e. The summed E-state index contributed by atoms with van der Waals surface area (Å²) < 4.78 is 0. The van der Waals surface area contributed by atoms with Crippen LogP contribution in [0.3, 0.4) is 0 Å². The van der Waals surface area contributed by atoms with Crippen LogP contribution >= 0.6 is 0 Å². The van der Waals surface area contributed by atoms with E-state index < -0.39 is 5.97 Å². The van der Waals surface area contributed by atoms with Crippen molar-refractivity contribution >= 4 is 5.97 Å². The van der Waals surface area contributed by atoms with Gasteiger partial charge in [-0.2, -0.15) is 0 Å². The van der Waals surface area contributed by atoms with Crippen molar-refractivity contribution in [2.24, 2.45) is 5.92 Å². The molecule has 0 heterocycles. The molecule has 1 N–H and O–H groups in total. The molecule has 0 rings (SSSR count). The third-order valence-electron chi connectivity index (χ3n) is 6.43. The van der Waals surface area contributed by atoms with Crippen molar-refractivity contribution in [2.75, 3.05) is 0 Å². The zero-order chi connectivity index (χ0) is 21.4. The van der Waals surface area contributed by atoms with Crippen molar-refractivity contribution in [3.63, 3.8) is 0 Å².